The third-order valence-corrected chi connectivity index (χ3v) is 5.58. The molecule has 0 bridgehead atoms. The number of amides is 1. The van der Waals surface area contributed by atoms with Crippen LogP contribution in [0.2, 0.25) is 0 Å². The van der Waals surface area contributed by atoms with Gasteiger partial charge in [-0.15, -0.1) is 0 Å². The van der Waals surface area contributed by atoms with E-state index in [2.05, 4.69) is 10.1 Å². The Labute approximate surface area is 192 Å². The molecule has 9 heteroatoms. The van der Waals surface area contributed by atoms with E-state index in [0.29, 0.717) is 60.8 Å². The summed E-state index contributed by atoms with van der Waals surface area (Å²) in [5, 5.41) is 4.12. The number of ether oxygens (including phenoxy) is 4. The van der Waals surface area contributed by atoms with Crippen molar-refractivity contribution in [1.29, 1.82) is 0 Å². The fourth-order valence-corrected chi connectivity index (χ4v) is 3.88. The van der Waals surface area contributed by atoms with Gasteiger partial charge in [0.25, 0.3) is 0 Å². The van der Waals surface area contributed by atoms with E-state index in [0.717, 1.165) is 11.1 Å². The normalized spacial score (nSPS) is 15.6. The third-order valence-electron chi connectivity index (χ3n) is 5.58. The first-order valence-electron chi connectivity index (χ1n) is 10.7. The Bertz CT molecular complexity index is 1130. The highest BCUT2D eigenvalue weighted by Crippen LogP contribution is 2.34. The summed E-state index contributed by atoms with van der Waals surface area (Å²) in [6.07, 6.45) is 0.312. The van der Waals surface area contributed by atoms with E-state index in [9.17, 15) is 4.79 Å². The first-order valence-corrected chi connectivity index (χ1v) is 10.7. The molecule has 0 aliphatic carbocycles. The van der Waals surface area contributed by atoms with Crippen molar-refractivity contribution in [3.8, 4) is 34.4 Å². The van der Waals surface area contributed by atoms with Crippen molar-refractivity contribution in [2.24, 2.45) is 0 Å². The first-order chi connectivity index (χ1) is 16.1. The molecule has 0 N–H and O–H groups in total. The molecule has 0 saturated carbocycles. The summed E-state index contributed by atoms with van der Waals surface area (Å²) in [6, 6.07) is 11.0. The molecule has 1 unspecified atom stereocenters. The zero-order chi connectivity index (χ0) is 23.4. The molecule has 1 fully saturated rings. The molecule has 1 aromatic heterocycles. The Hall–Kier alpha value is -3.75. The average Bonchev–Trinajstić information content (AvgIpc) is 3.47. The highest BCUT2D eigenvalue weighted by Gasteiger charge is 2.34. The number of aromatic nitrogens is 2. The van der Waals surface area contributed by atoms with Crippen LogP contribution in [0.1, 0.15) is 30.7 Å². The van der Waals surface area contributed by atoms with Crippen LogP contribution < -0.4 is 18.9 Å². The first kappa shape index (κ1) is 22.4. The topological polar surface area (TPSA) is 96.2 Å². The number of rotatable bonds is 9. The maximum absolute atomic E-state index is 12.7. The largest absolute Gasteiger partial charge is 0.497 e. The number of likely N-dealkylation sites (tertiary alicyclic amines) is 1. The van der Waals surface area contributed by atoms with E-state index in [-0.39, 0.29) is 11.8 Å². The molecule has 2 heterocycles. The van der Waals surface area contributed by atoms with E-state index in [1.165, 1.54) is 0 Å². The third kappa shape index (κ3) is 4.72. The van der Waals surface area contributed by atoms with Crippen LogP contribution in [0.3, 0.4) is 0 Å². The summed E-state index contributed by atoms with van der Waals surface area (Å²) in [5.41, 5.74) is 1.65. The van der Waals surface area contributed by atoms with Gasteiger partial charge in [0.2, 0.25) is 17.6 Å². The van der Waals surface area contributed by atoms with E-state index in [1.54, 1.807) is 26.2 Å². The monoisotopic (exact) mass is 453 g/mol. The van der Waals surface area contributed by atoms with Gasteiger partial charge >= 0.3 is 0 Å². The van der Waals surface area contributed by atoms with Crippen LogP contribution in [0, 0.1) is 0 Å². The molecule has 2 aromatic carbocycles. The number of methoxy groups -OCH3 is 3. The van der Waals surface area contributed by atoms with Gasteiger partial charge in [-0.1, -0.05) is 5.16 Å². The van der Waals surface area contributed by atoms with E-state index in [4.69, 9.17) is 23.5 Å². The van der Waals surface area contributed by atoms with Gasteiger partial charge in [-0.2, -0.15) is 4.98 Å². The average molecular weight is 453 g/mol. The molecule has 9 nitrogen and oxygen atoms in total. The van der Waals surface area contributed by atoms with E-state index >= 15 is 0 Å². The predicted molar refractivity (Wildman–Crippen MR) is 120 cm³/mol. The lowest BCUT2D eigenvalue weighted by atomic mass is 10.1. The van der Waals surface area contributed by atoms with Gasteiger partial charge in [0.05, 0.1) is 33.9 Å². The second-order valence-corrected chi connectivity index (χ2v) is 7.61. The van der Waals surface area contributed by atoms with Crippen LogP contribution in [0.15, 0.2) is 40.9 Å². The Morgan fingerprint density at radius 1 is 1.03 bits per heavy atom. The molecule has 33 heavy (non-hydrogen) atoms. The molecule has 4 rings (SSSR count). The Morgan fingerprint density at radius 3 is 2.58 bits per heavy atom. The maximum Gasteiger partial charge on any atom is 0.232 e. The molecule has 174 valence electrons. The number of hydrogen-bond acceptors (Lipinski definition) is 8. The van der Waals surface area contributed by atoms with Crippen LogP contribution >= 0.6 is 0 Å². The van der Waals surface area contributed by atoms with E-state index in [1.807, 2.05) is 43.3 Å². The van der Waals surface area contributed by atoms with Gasteiger partial charge in [-0.05, 0) is 37.3 Å². The van der Waals surface area contributed by atoms with Crippen molar-refractivity contribution < 1.29 is 28.3 Å². The van der Waals surface area contributed by atoms with E-state index < -0.39 is 0 Å². The lowest BCUT2D eigenvalue weighted by molar-refractivity contribution is -0.128. The molecule has 3 aromatic rings. The summed E-state index contributed by atoms with van der Waals surface area (Å²) in [6.45, 7) is 3.37. The second-order valence-electron chi connectivity index (χ2n) is 7.61. The quantitative estimate of drug-likeness (QED) is 0.484. The molecule has 1 amide bonds. The maximum atomic E-state index is 12.7. The number of hydrogen-bond donors (Lipinski definition) is 0. The molecule has 1 saturated heterocycles. The SMILES string of the molecule is CCOc1ccc(-c2noc(C3CC(=O)N(Cc4ccc(OC)cc4OC)C3)n2)cc1OC. The van der Waals surface area contributed by atoms with Gasteiger partial charge in [-0.25, -0.2) is 0 Å². The van der Waals surface area contributed by atoms with Crippen LogP contribution in [-0.4, -0.2) is 55.4 Å². The summed E-state index contributed by atoms with van der Waals surface area (Å²) >= 11 is 0. The fraction of sp³-hybridized carbons (Fsp3) is 0.375. The van der Waals surface area contributed by atoms with Gasteiger partial charge in [-0.3, -0.25) is 4.79 Å². The van der Waals surface area contributed by atoms with Crippen LogP contribution in [0.5, 0.6) is 23.0 Å². The number of carbonyl (C=O) groups excluding carboxylic acids is 1. The summed E-state index contributed by atoms with van der Waals surface area (Å²) in [7, 11) is 4.79. The van der Waals surface area contributed by atoms with Crippen molar-refractivity contribution in [2.75, 3.05) is 34.5 Å². The lowest BCUT2D eigenvalue weighted by Crippen LogP contribution is -2.24. The summed E-state index contributed by atoms with van der Waals surface area (Å²) in [5.74, 6) is 3.35. The standard InChI is InChI=1S/C24H27N3O6/c1-5-32-19-9-7-15(10-21(19)31-4)23-25-24(33-26-23)17-11-22(28)27(14-17)13-16-6-8-18(29-2)12-20(16)30-3/h6-10,12,17H,5,11,13-14H2,1-4H3. The minimum Gasteiger partial charge on any atom is -0.497 e. The number of nitrogens with zero attached hydrogens (tertiary/aromatic N) is 3. The summed E-state index contributed by atoms with van der Waals surface area (Å²) in [4.78, 5) is 19.0. The zero-order valence-electron chi connectivity index (χ0n) is 19.2. The Morgan fingerprint density at radius 2 is 1.85 bits per heavy atom. The van der Waals surface area contributed by atoms with Gasteiger partial charge in [0.15, 0.2) is 11.5 Å². The molecular formula is C24H27N3O6. The van der Waals surface area contributed by atoms with Gasteiger partial charge in [0, 0.05) is 36.7 Å². The fourth-order valence-electron chi connectivity index (χ4n) is 3.88. The number of benzene rings is 2. The van der Waals surface area contributed by atoms with Crippen LogP contribution in [0.4, 0.5) is 0 Å². The van der Waals surface area contributed by atoms with Gasteiger partial charge < -0.3 is 28.4 Å². The highest BCUT2D eigenvalue weighted by molar-refractivity contribution is 5.79. The summed E-state index contributed by atoms with van der Waals surface area (Å²) < 4.78 is 27.2. The molecule has 1 atom stereocenters. The Balaban J connectivity index is 1.48. The van der Waals surface area contributed by atoms with Crippen molar-refractivity contribution >= 4 is 5.91 Å². The smallest absolute Gasteiger partial charge is 0.232 e. The second kappa shape index (κ2) is 9.81. The van der Waals surface area contributed by atoms with Crippen molar-refractivity contribution in [3.05, 3.63) is 47.9 Å². The minimum atomic E-state index is -0.174. The van der Waals surface area contributed by atoms with Crippen molar-refractivity contribution in [3.63, 3.8) is 0 Å². The predicted octanol–water partition coefficient (Wildman–Crippen LogP) is 3.68. The van der Waals surface area contributed by atoms with Crippen LogP contribution in [-0.2, 0) is 11.3 Å². The Kier molecular flexibility index (Phi) is 6.67. The van der Waals surface area contributed by atoms with Crippen LogP contribution in [0.25, 0.3) is 11.4 Å². The lowest BCUT2D eigenvalue weighted by Gasteiger charge is -2.18. The molecule has 0 radical (unpaired) electrons. The zero-order valence-corrected chi connectivity index (χ0v) is 19.2. The minimum absolute atomic E-state index is 0.0281. The van der Waals surface area contributed by atoms with Crippen molar-refractivity contribution in [1.82, 2.24) is 15.0 Å². The van der Waals surface area contributed by atoms with Gasteiger partial charge in [0.1, 0.15) is 11.5 Å². The van der Waals surface area contributed by atoms with Crippen molar-refractivity contribution in [2.45, 2.75) is 25.8 Å². The molecule has 1 aliphatic heterocycles. The molecular weight excluding hydrogens is 426 g/mol. The number of carbonyl (C=O) groups is 1. The molecule has 0 spiro atoms. The highest BCUT2D eigenvalue weighted by atomic mass is 16.5. The molecule has 1 aliphatic rings.